The van der Waals surface area contributed by atoms with Gasteiger partial charge in [-0.3, -0.25) is 19.4 Å². The molecule has 2 aliphatic rings. The molecule has 0 atom stereocenters. The van der Waals surface area contributed by atoms with Crippen molar-refractivity contribution in [3.63, 3.8) is 0 Å². The lowest BCUT2D eigenvalue weighted by Gasteiger charge is -2.27. The highest BCUT2D eigenvalue weighted by Crippen LogP contribution is 2.27. The van der Waals surface area contributed by atoms with Gasteiger partial charge in [-0.15, -0.1) is 0 Å². The second kappa shape index (κ2) is 10.7. The largest absolute Gasteiger partial charge is 0.379 e. The maximum atomic E-state index is 12.9. The Labute approximate surface area is 184 Å². The molecular formula is C23H34N4O4. The lowest BCUT2D eigenvalue weighted by atomic mass is 9.88. The van der Waals surface area contributed by atoms with Gasteiger partial charge in [0.15, 0.2) is 0 Å². The molecule has 2 saturated heterocycles. The number of amides is 4. The minimum atomic E-state index is -0.869. The van der Waals surface area contributed by atoms with Gasteiger partial charge in [-0.2, -0.15) is 0 Å². The lowest BCUT2D eigenvalue weighted by Crippen LogP contribution is -2.47. The van der Waals surface area contributed by atoms with Gasteiger partial charge in [-0.1, -0.05) is 51.0 Å². The van der Waals surface area contributed by atoms with Crippen molar-refractivity contribution < 1.29 is 19.1 Å². The van der Waals surface area contributed by atoms with E-state index in [-0.39, 0.29) is 18.4 Å². The minimum absolute atomic E-state index is 0.258. The monoisotopic (exact) mass is 430 g/mol. The molecule has 0 saturated carbocycles. The summed E-state index contributed by atoms with van der Waals surface area (Å²) in [6.45, 7) is 8.14. The topological polar surface area (TPSA) is 91.0 Å². The second-order valence-electron chi connectivity index (χ2n) is 8.34. The second-order valence-corrected chi connectivity index (χ2v) is 8.34. The average molecular weight is 431 g/mol. The quantitative estimate of drug-likeness (QED) is 0.554. The van der Waals surface area contributed by atoms with E-state index in [9.17, 15) is 14.4 Å². The zero-order chi connectivity index (χ0) is 22.3. The Kier molecular flexibility index (Phi) is 8.03. The van der Waals surface area contributed by atoms with Crippen LogP contribution in [0.25, 0.3) is 0 Å². The van der Waals surface area contributed by atoms with Gasteiger partial charge in [0.25, 0.3) is 5.91 Å². The maximum absolute atomic E-state index is 12.9. The molecule has 1 aromatic rings. The van der Waals surface area contributed by atoms with Gasteiger partial charge in [-0.05, 0) is 24.0 Å². The number of nitrogens with one attached hydrogen (secondary N) is 2. The number of carbonyl (C=O) groups is 3. The summed E-state index contributed by atoms with van der Waals surface area (Å²) in [5.41, 5.74) is 1.32. The number of hydrogen-bond acceptors (Lipinski definition) is 5. The highest BCUT2D eigenvalue weighted by atomic mass is 16.5. The van der Waals surface area contributed by atoms with Crippen molar-refractivity contribution in [1.82, 2.24) is 20.4 Å². The first kappa shape index (κ1) is 23.2. The van der Waals surface area contributed by atoms with E-state index in [1.165, 1.54) is 0 Å². The first-order chi connectivity index (χ1) is 15.0. The highest BCUT2D eigenvalue weighted by molar-refractivity contribution is 6.09. The lowest BCUT2D eigenvalue weighted by molar-refractivity contribution is -0.135. The van der Waals surface area contributed by atoms with Gasteiger partial charge >= 0.3 is 6.03 Å². The predicted octanol–water partition coefficient (Wildman–Crippen LogP) is 2.03. The van der Waals surface area contributed by atoms with E-state index in [1.807, 2.05) is 32.0 Å². The van der Waals surface area contributed by atoms with Crippen LogP contribution in [0.15, 0.2) is 24.3 Å². The molecule has 2 N–H and O–H groups in total. The van der Waals surface area contributed by atoms with Gasteiger partial charge < -0.3 is 15.4 Å². The van der Waals surface area contributed by atoms with E-state index >= 15 is 0 Å². The molecule has 2 fully saturated rings. The van der Waals surface area contributed by atoms with Crippen LogP contribution in [0.5, 0.6) is 0 Å². The maximum Gasteiger partial charge on any atom is 0.325 e. The van der Waals surface area contributed by atoms with Crippen LogP contribution in [0.4, 0.5) is 4.79 Å². The Morgan fingerprint density at radius 2 is 1.74 bits per heavy atom. The third-order valence-electron chi connectivity index (χ3n) is 5.99. The summed E-state index contributed by atoms with van der Waals surface area (Å²) in [6.07, 6.45) is 2.73. The van der Waals surface area contributed by atoms with Gasteiger partial charge in [0.05, 0.1) is 13.2 Å². The Morgan fingerprint density at radius 3 is 2.39 bits per heavy atom. The zero-order valence-electron chi connectivity index (χ0n) is 18.6. The Morgan fingerprint density at radius 1 is 1.10 bits per heavy atom. The van der Waals surface area contributed by atoms with Crippen molar-refractivity contribution in [2.24, 2.45) is 0 Å². The number of ether oxygens (including phenoxy) is 1. The smallest absolute Gasteiger partial charge is 0.325 e. The molecule has 0 bridgehead atoms. The van der Waals surface area contributed by atoms with Crippen molar-refractivity contribution in [2.75, 3.05) is 32.8 Å². The van der Waals surface area contributed by atoms with Gasteiger partial charge in [-0.25, -0.2) is 4.79 Å². The third kappa shape index (κ3) is 5.62. The minimum Gasteiger partial charge on any atom is -0.379 e. The van der Waals surface area contributed by atoms with Crippen LogP contribution in [0.1, 0.15) is 50.7 Å². The molecule has 31 heavy (non-hydrogen) atoms. The van der Waals surface area contributed by atoms with Gasteiger partial charge in [0, 0.05) is 26.2 Å². The zero-order valence-corrected chi connectivity index (χ0v) is 18.6. The number of benzene rings is 1. The summed E-state index contributed by atoms with van der Waals surface area (Å²) in [6, 6.07) is 7.53. The van der Waals surface area contributed by atoms with E-state index in [0.29, 0.717) is 19.4 Å². The van der Waals surface area contributed by atoms with Crippen molar-refractivity contribution >= 4 is 17.8 Å². The van der Waals surface area contributed by atoms with Crippen LogP contribution in [-0.4, -0.2) is 66.0 Å². The molecule has 0 unspecified atom stereocenters. The summed E-state index contributed by atoms with van der Waals surface area (Å²) in [5.74, 6) is -0.627. The van der Waals surface area contributed by atoms with Crippen LogP contribution in [0.3, 0.4) is 0 Å². The highest BCUT2D eigenvalue weighted by Gasteiger charge is 2.50. The fourth-order valence-corrected chi connectivity index (χ4v) is 4.41. The molecule has 170 valence electrons. The Balaban J connectivity index is 1.58. The standard InChI is InChI=1S/C23H34N4O4/c1-3-9-23(10-4-2)21(29)27(22(30)25-23)17-20(28)24-15-18-7-5-6-8-19(18)16-26-11-13-31-14-12-26/h5-8H,3-4,9-17H2,1-2H3,(H,24,28)(H,25,30). The Bertz CT molecular complexity index is 786. The first-order valence-corrected chi connectivity index (χ1v) is 11.3. The molecule has 0 aromatic heterocycles. The number of rotatable bonds is 10. The summed E-state index contributed by atoms with van der Waals surface area (Å²) in [7, 11) is 0. The Hall–Kier alpha value is -2.45. The van der Waals surface area contributed by atoms with Crippen LogP contribution >= 0.6 is 0 Å². The number of carbonyl (C=O) groups excluding carboxylic acids is 3. The van der Waals surface area contributed by atoms with E-state index in [4.69, 9.17) is 4.74 Å². The number of nitrogens with zero attached hydrogens (tertiary/aromatic N) is 2. The van der Waals surface area contributed by atoms with Crippen LogP contribution in [0.2, 0.25) is 0 Å². The van der Waals surface area contributed by atoms with Crippen LogP contribution in [0, 0.1) is 0 Å². The van der Waals surface area contributed by atoms with E-state index in [1.54, 1.807) is 0 Å². The molecule has 8 nitrogen and oxygen atoms in total. The molecule has 4 amide bonds. The molecule has 2 heterocycles. The van der Waals surface area contributed by atoms with Crippen molar-refractivity contribution in [1.29, 1.82) is 0 Å². The number of morpholine rings is 1. The van der Waals surface area contributed by atoms with E-state index < -0.39 is 11.6 Å². The summed E-state index contributed by atoms with van der Waals surface area (Å²) in [4.78, 5) is 41.4. The fraction of sp³-hybridized carbons (Fsp3) is 0.609. The van der Waals surface area contributed by atoms with Crippen molar-refractivity contribution in [2.45, 2.75) is 58.2 Å². The molecule has 0 aliphatic carbocycles. The average Bonchev–Trinajstić information content (AvgIpc) is 2.98. The van der Waals surface area contributed by atoms with E-state index in [2.05, 4.69) is 21.6 Å². The molecular weight excluding hydrogens is 396 g/mol. The molecule has 0 spiro atoms. The van der Waals surface area contributed by atoms with E-state index in [0.717, 1.165) is 61.7 Å². The van der Waals surface area contributed by atoms with Gasteiger partial charge in [0.2, 0.25) is 5.91 Å². The molecule has 1 aromatic carbocycles. The van der Waals surface area contributed by atoms with Crippen LogP contribution in [-0.2, 0) is 27.4 Å². The molecule has 2 aliphatic heterocycles. The van der Waals surface area contributed by atoms with Gasteiger partial charge in [0.1, 0.15) is 12.1 Å². The fourth-order valence-electron chi connectivity index (χ4n) is 4.41. The molecule has 0 radical (unpaired) electrons. The summed E-state index contributed by atoms with van der Waals surface area (Å²) >= 11 is 0. The number of imide groups is 1. The predicted molar refractivity (Wildman–Crippen MR) is 117 cm³/mol. The third-order valence-corrected chi connectivity index (χ3v) is 5.99. The molecule has 8 heteroatoms. The SMILES string of the molecule is CCCC1(CCC)NC(=O)N(CC(=O)NCc2ccccc2CN2CCOCC2)C1=O. The van der Waals surface area contributed by atoms with Crippen molar-refractivity contribution in [3.8, 4) is 0 Å². The van der Waals surface area contributed by atoms with Crippen molar-refractivity contribution in [3.05, 3.63) is 35.4 Å². The summed E-state index contributed by atoms with van der Waals surface area (Å²) in [5, 5.41) is 5.72. The van der Waals surface area contributed by atoms with Crippen LogP contribution < -0.4 is 10.6 Å². The normalized spacial score (nSPS) is 18.8. The summed E-state index contributed by atoms with van der Waals surface area (Å²) < 4.78 is 5.41. The molecule has 3 rings (SSSR count). The first-order valence-electron chi connectivity index (χ1n) is 11.3. The number of hydrogen-bond donors (Lipinski definition) is 2. The number of urea groups is 1.